The summed E-state index contributed by atoms with van der Waals surface area (Å²) in [7, 11) is 1.69. The van der Waals surface area contributed by atoms with E-state index in [0.717, 1.165) is 18.5 Å². The van der Waals surface area contributed by atoms with Crippen LogP contribution in [0.15, 0.2) is 24.3 Å². The van der Waals surface area contributed by atoms with Crippen LogP contribution in [0, 0.1) is 0 Å². The molecule has 2 amide bonds. The Labute approximate surface area is 122 Å². The van der Waals surface area contributed by atoms with Crippen molar-refractivity contribution in [3.05, 3.63) is 24.3 Å². The van der Waals surface area contributed by atoms with Crippen LogP contribution in [0.25, 0.3) is 0 Å². The molecule has 1 N–H and O–H groups in total. The Morgan fingerprint density at radius 1 is 1.20 bits per heavy atom. The van der Waals surface area contributed by atoms with Gasteiger partial charge in [0.05, 0.1) is 11.4 Å². The van der Waals surface area contributed by atoms with Gasteiger partial charge in [-0.3, -0.25) is 9.59 Å². The smallest absolute Gasteiger partial charge is 0.224 e. The van der Waals surface area contributed by atoms with Gasteiger partial charge in [0.1, 0.15) is 0 Å². The van der Waals surface area contributed by atoms with E-state index in [1.165, 1.54) is 11.8 Å². The van der Waals surface area contributed by atoms with Crippen molar-refractivity contribution in [1.82, 2.24) is 0 Å². The van der Waals surface area contributed by atoms with Crippen molar-refractivity contribution in [3.63, 3.8) is 0 Å². The summed E-state index contributed by atoms with van der Waals surface area (Å²) in [6, 6.07) is 7.30. The van der Waals surface area contributed by atoms with E-state index in [1.54, 1.807) is 13.1 Å². The summed E-state index contributed by atoms with van der Waals surface area (Å²) in [6.07, 6.45) is 2.37. The van der Waals surface area contributed by atoms with Crippen LogP contribution in [-0.2, 0) is 9.59 Å². The molecule has 0 bridgehead atoms. The van der Waals surface area contributed by atoms with Gasteiger partial charge in [0, 0.05) is 20.4 Å². The second-order valence-corrected chi connectivity index (χ2v) is 4.25. The largest absolute Gasteiger partial charge is 0.324 e. The molecule has 0 heterocycles. The highest BCUT2D eigenvalue weighted by atomic mass is 16.2. The van der Waals surface area contributed by atoms with E-state index in [-0.39, 0.29) is 11.8 Å². The van der Waals surface area contributed by atoms with Gasteiger partial charge in [0.2, 0.25) is 11.8 Å². The van der Waals surface area contributed by atoms with Crippen LogP contribution in [0.1, 0.15) is 47.0 Å². The molecule has 0 saturated heterocycles. The fourth-order valence-electron chi connectivity index (χ4n) is 1.59. The van der Waals surface area contributed by atoms with Crippen LogP contribution in [0.5, 0.6) is 0 Å². The summed E-state index contributed by atoms with van der Waals surface area (Å²) in [5.74, 6) is -0.0773. The van der Waals surface area contributed by atoms with Crippen molar-refractivity contribution >= 4 is 23.2 Å². The molecule has 0 aliphatic rings. The maximum atomic E-state index is 11.7. The molecule has 0 unspecified atom stereocenters. The molecule has 0 aliphatic heterocycles. The minimum Gasteiger partial charge on any atom is -0.324 e. The van der Waals surface area contributed by atoms with Gasteiger partial charge in [-0.15, -0.1) is 0 Å². The lowest BCUT2D eigenvalue weighted by atomic mass is 10.2. The molecule has 4 heteroatoms. The number of carbonyl (C=O) groups is 2. The zero-order valence-electron chi connectivity index (χ0n) is 13.2. The molecule has 0 spiro atoms. The van der Waals surface area contributed by atoms with Crippen molar-refractivity contribution in [2.24, 2.45) is 0 Å². The first kappa shape index (κ1) is 18.2. The molecule has 1 aromatic rings. The molecule has 0 aliphatic carbocycles. The number of carbonyl (C=O) groups excluding carboxylic acids is 2. The topological polar surface area (TPSA) is 49.4 Å². The van der Waals surface area contributed by atoms with Gasteiger partial charge in [0.15, 0.2) is 0 Å². The number of amides is 2. The van der Waals surface area contributed by atoms with Gasteiger partial charge in [0.25, 0.3) is 0 Å². The molecular formula is C16H26N2O2. The maximum absolute atomic E-state index is 11.7. The first-order valence-electron chi connectivity index (χ1n) is 7.19. The van der Waals surface area contributed by atoms with E-state index in [2.05, 4.69) is 5.32 Å². The summed E-state index contributed by atoms with van der Waals surface area (Å²) in [5.41, 5.74) is 1.39. The quantitative estimate of drug-likeness (QED) is 0.890. The van der Waals surface area contributed by atoms with Crippen LogP contribution in [0.3, 0.4) is 0 Å². The van der Waals surface area contributed by atoms with Crippen molar-refractivity contribution in [2.45, 2.75) is 47.0 Å². The molecule has 1 aromatic carbocycles. The number of anilines is 2. The fraction of sp³-hybridized carbons (Fsp3) is 0.500. The average Bonchev–Trinajstić information content (AvgIpc) is 2.47. The normalized spacial score (nSPS) is 9.25. The number of rotatable bonds is 5. The average molecular weight is 278 g/mol. The van der Waals surface area contributed by atoms with Gasteiger partial charge < -0.3 is 10.2 Å². The Morgan fingerprint density at radius 2 is 1.80 bits per heavy atom. The summed E-state index contributed by atoms with van der Waals surface area (Å²) >= 11 is 0. The van der Waals surface area contributed by atoms with Crippen LogP contribution in [-0.4, -0.2) is 18.9 Å². The van der Waals surface area contributed by atoms with Gasteiger partial charge in [-0.25, -0.2) is 0 Å². The third-order valence-corrected chi connectivity index (χ3v) is 2.77. The molecule has 20 heavy (non-hydrogen) atoms. The summed E-state index contributed by atoms with van der Waals surface area (Å²) in [6.45, 7) is 7.54. The van der Waals surface area contributed by atoms with Crippen LogP contribution in [0.4, 0.5) is 11.4 Å². The van der Waals surface area contributed by atoms with Crippen LogP contribution in [0.2, 0.25) is 0 Å². The number of para-hydroxylation sites is 2. The van der Waals surface area contributed by atoms with Crippen LogP contribution >= 0.6 is 0 Å². The third-order valence-electron chi connectivity index (χ3n) is 2.77. The number of nitrogens with one attached hydrogen (secondary N) is 1. The first-order valence-corrected chi connectivity index (χ1v) is 7.19. The van der Waals surface area contributed by atoms with Crippen LogP contribution < -0.4 is 10.2 Å². The molecule has 0 radical (unpaired) electrons. The van der Waals surface area contributed by atoms with E-state index in [4.69, 9.17) is 0 Å². The molecular weight excluding hydrogens is 252 g/mol. The third kappa shape index (κ3) is 5.87. The number of unbranched alkanes of at least 4 members (excludes halogenated alkanes) is 1. The number of nitrogens with zero attached hydrogens (tertiary/aromatic N) is 1. The van der Waals surface area contributed by atoms with Gasteiger partial charge in [-0.05, 0) is 18.6 Å². The molecule has 0 aromatic heterocycles. The molecule has 0 atom stereocenters. The van der Waals surface area contributed by atoms with Crippen molar-refractivity contribution < 1.29 is 9.59 Å². The lowest BCUT2D eigenvalue weighted by Gasteiger charge is -2.19. The lowest BCUT2D eigenvalue weighted by molar-refractivity contribution is -0.117. The highest BCUT2D eigenvalue weighted by molar-refractivity contribution is 5.99. The highest BCUT2D eigenvalue weighted by Gasteiger charge is 2.11. The molecule has 112 valence electrons. The predicted octanol–water partition coefficient (Wildman–Crippen LogP) is 3.82. The highest BCUT2D eigenvalue weighted by Crippen LogP contribution is 2.24. The van der Waals surface area contributed by atoms with Gasteiger partial charge >= 0.3 is 0 Å². The zero-order valence-corrected chi connectivity index (χ0v) is 13.2. The zero-order chi connectivity index (χ0) is 15.5. The Morgan fingerprint density at radius 3 is 2.35 bits per heavy atom. The Kier molecular flexibility index (Phi) is 9.09. The summed E-state index contributed by atoms with van der Waals surface area (Å²) in [4.78, 5) is 24.6. The molecule has 1 rings (SSSR count). The second kappa shape index (κ2) is 10.0. The Bertz CT molecular complexity index is 430. The number of benzene rings is 1. The first-order chi connectivity index (χ1) is 9.56. The molecule has 4 nitrogen and oxygen atoms in total. The molecule has 0 saturated carbocycles. The van der Waals surface area contributed by atoms with E-state index in [0.29, 0.717) is 12.1 Å². The monoisotopic (exact) mass is 278 g/mol. The second-order valence-electron chi connectivity index (χ2n) is 4.25. The summed E-state index contributed by atoms with van der Waals surface area (Å²) < 4.78 is 0. The summed E-state index contributed by atoms with van der Waals surface area (Å²) in [5, 5.41) is 2.85. The number of hydrogen-bond donors (Lipinski definition) is 1. The Balaban J connectivity index is 0.00000172. The van der Waals surface area contributed by atoms with E-state index >= 15 is 0 Å². The molecule has 0 fully saturated rings. The lowest BCUT2D eigenvalue weighted by Crippen LogP contribution is -2.24. The van der Waals surface area contributed by atoms with Gasteiger partial charge in [-0.1, -0.05) is 39.3 Å². The van der Waals surface area contributed by atoms with Crippen molar-refractivity contribution in [1.29, 1.82) is 0 Å². The van der Waals surface area contributed by atoms with E-state index in [1.807, 2.05) is 39.0 Å². The van der Waals surface area contributed by atoms with Gasteiger partial charge in [-0.2, -0.15) is 0 Å². The van der Waals surface area contributed by atoms with Crippen molar-refractivity contribution in [3.8, 4) is 0 Å². The van der Waals surface area contributed by atoms with E-state index < -0.39 is 0 Å². The Hall–Kier alpha value is -1.84. The SMILES string of the molecule is CC.CCCCC(=O)Nc1ccccc1N(C)C(C)=O. The van der Waals surface area contributed by atoms with Crippen molar-refractivity contribution in [2.75, 3.05) is 17.3 Å². The minimum absolute atomic E-state index is 0.0127. The fourth-order valence-corrected chi connectivity index (χ4v) is 1.59. The predicted molar refractivity (Wildman–Crippen MR) is 85.0 cm³/mol. The van der Waals surface area contributed by atoms with E-state index in [9.17, 15) is 9.59 Å². The standard InChI is InChI=1S/C14H20N2O2.C2H6/c1-4-5-10-14(18)15-12-8-6-7-9-13(12)16(3)11(2)17;1-2/h6-9H,4-5,10H2,1-3H3,(H,15,18);1-2H3. The minimum atomic E-state index is -0.0646. The maximum Gasteiger partial charge on any atom is 0.224 e. The number of hydrogen-bond acceptors (Lipinski definition) is 2.